The van der Waals surface area contributed by atoms with Gasteiger partial charge in [0.25, 0.3) is 0 Å². The van der Waals surface area contributed by atoms with Crippen LogP contribution in [0, 0.1) is 11.8 Å². The molecule has 0 bridgehead atoms. The standard InChI is InChI=1S/C11H12BrN/c1-2-3-6-9-13-11-8-5-4-7-10(11)12/h4-5,7-8,13H,6,9H2,1H3. The Kier molecular flexibility index (Phi) is 4.42. The first-order valence-electron chi connectivity index (χ1n) is 4.22. The lowest BCUT2D eigenvalue weighted by molar-refractivity contribution is 1.09. The van der Waals surface area contributed by atoms with Crippen molar-refractivity contribution >= 4 is 21.6 Å². The first-order valence-corrected chi connectivity index (χ1v) is 5.02. The molecule has 0 aromatic heterocycles. The van der Waals surface area contributed by atoms with Gasteiger partial charge in [-0.1, -0.05) is 12.1 Å². The maximum atomic E-state index is 3.47. The fraction of sp³-hybridized carbons (Fsp3) is 0.273. The van der Waals surface area contributed by atoms with Crippen molar-refractivity contribution in [1.82, 2.24) is 0 Å². The minimum atomic E-state index is 0.887. The maximum Gasteiger partial charge on any atom is 0.0484 e. The fourth-order valence-corrected chi connectivity index (χ4v) is 1.41. The summed E-state index contributed by atoms with van der Waals surface area (Å²) in [5.41, 5.74) is 1.13. The second-order valence-corrected chi connectivity index (χ2v) is 3.44. The first kappa shape index (κ1) is 10.1. The van der Waals surface area contributed by atoms with Crippen molar-refractivity contribution in [2.75, 3.05) is 11.9 Å². The summed E-state index contributed by atoms with van der Waals surface area (Å²) in [4.78, 5) is 0. The number of hydrogen-bond acceptors (Lipinski definition) is 1. The third kappa shape index (κ3) is 3.52. The highest BCUT2D eigenvalue weighted by Gasteiger charge is 1.94. The van der Waals surface area contributed by atoms with E-state index in [-0.39, 0.29) is 0 Å². The minimum Gasteiger partial charge on any atom is -0.383 e. The number of benzene rings is 1. The van der Waals surface area contributed by atoms with Gasteiger partial charge in [0, 0.05) is 23.1 Å². The molecular formula is C11H12BrN. The summed E-state index contributed by atoms with van der Waals surface area (Å²) in [7, 11) is 0. The van der Waals surface area contributed by atoms with Gasteiger partial charge in [-0.15, -0.1) is 11.8 Å². The third-order valence-corrected chi connectivity index (χ3v) is 2.31. The van der Waals surface area contributed by atoms with Gasteiger partial charge < -0.3 is 5.32 Å². The van der Waals surface area contributed by atoms with Gasteiger partial charge in [0.2, 0.25) is 0 Å². The van der Waals surface area contributed by atoms with Crippen molar-refractivity contribution in [3.63, 3.8) is 0 Å². The van der Waals surface area contributed by atoms with Gasteiger partial charge in [0.1, 0.15) is 0 Å². The summed E-state index contributed by atoms with van der Waals surface area (Å²) in [5.74, 6) is 5.88. The van der Waals surface area contributed by atoms with Gasteiger partial charge in [0.05, 0.1) is 0 Å². The van der Waals surface area contributed by atoms with Crippen LogP contribution < -0.4 is 5.32 Å². The highest BCUT2D eigenvalue weighted by Crippen LogP contribution is 2.20. The predicted octanol–water partition coefficient (Wildman–Crippen LogP) is 3.27. The molecule has 0 saturated carbocycles. The monoisotopic (exact) mass is 237 g/mol. The molecule has 0 saturated heterocycles. The molecule has 0 heterocycles. The van der Waals surface area contributed by atoms with Gasteiger partial charge in [-0.2, -0.15) is 0 Å². The zero-order valence-corrected chi connectivity index (χ0v) is 9.19. The molecule has 0 fully saturated rings. The van der Waals surface area contributed by atoms with E-state index in [1.165, 1.54) is 0 Å². The second-order valence-electron chi connectivity index (χ2n) is 2.58. The average molecular weight is 238 g/mol. The summed E-state index contributed by atoms with van der Waals surface area (Å²) >= 11 is 3.47. The molecule has 13 heavy (non-hydrogen) atoms. The number of anilines is 1. The largest absolute Gasteiger partial charge is 0.383 e. The van der Waals surface area contributed by atoms with E-state index in [2.05, 4.69) is 33.1 Å². The quantitative estimate of drug-likeness (QED) is 0.629. The Labute approximate surface area is 87.7 Å². The SMILES string of the molecule is CC#CCCNc1ccccc1Br. The smallest absolute Gasteiger partial charge is 0.0484 e. The zero-order chi connectivity index (χ0) is 9.52. The topological polar surface area (TPSA) is 12.0 Å². The Morgan fingerprint density at radius 1 is 1.38 bits per heavy atom. The van der Waals surface area contributed by atoms with E-state index >= 15 is 0 Å². The Hall–Kier alpha value is -0.940. The van der Waals surface area contributed by atoms with E-state index in [1.54, 1.807) is 0 Å². The minimum absolute atomic E-state index is 0.887. The molecule has 1 N–H and O–H groups in total. The molecule has 0 aliphatic carbocycles. The summed E-state index contributed by atoms with van der Waals surface area (Å²) in [6, 6.07) is 8.08. The lowest BCUT2D eigenvalue weighted by Gasteiger charge is -2.05. The number of rotatable bonds is 3. The molecule has 0 unspecified atom stereocenters. The Balaban J connectivity index is 2.44. The molecule has 0 radical (unpaired) electrons. The number of hydrogen-bond donors (Lipinski definition) is 1. The average Bonchev–Trinajstić information content (AvgIpc) is 2.15. The van der Waals surface area contributed by atoms with E-state index in [9.17, 15) is 0 Å². The summed E-state index contributed by atoms with van der Waals surface area (Å²) < 4.78 is 1.10. The van der Waals surface area contributed by atoms with E-state index in [1.807, 2.05) is 31.2 Å². The molecule has 0 aliphatic heterocycles. The van der Waals surface area contributed by atoms with Crippen LogP contribution in [-0.4, -0.2) is 6.54 Å². The van der Waals surface area contributed by atoms with E-state index in [4.69, 9.17) is 0 Å². The van der Waals surface area contributed by atoms with Gasteiger partial charge in [-0.3, -0.25) is 0 Å². The van der Waals surface area contributed by atoms with E-state index in [0.29, 0.717) is 0 Å². The van der Waals surface area contributed by atoms with Crippen molar-refractivity contribution in [3.8, 4) is 11.8 Å². The van der Waals surface area contributed by atoms with Crippen LogP contribution in [0.4, 0.5) is 5.69 Å². The van der Waals surface area contributed by atoms with E-state index < -0.39 is 0 Å². The molecule has 2 heteroatoms. The molecule has 0 spiro atoms. The molecule has 1 aromatic carbocycles. The molecular weight excluding hydrogens is 226 g/mol. The van der Waals surface area contributed by atoms with Crippen LogP contribution in [0.15, 0.2) is 28.7 Å². The molecule has 1 rings (SSSR count). The van der Waals surface area contributed by atoms with Crippen LogP contribution in [0.2, 0.25) is 0 Å². The third-order valence-electron chi connectivity index (χ3n) is 1.62. The normalized spacial score (nSPS) is 8.77. The number of nitrogens with one attached hydrogen (secondary N) is 1. The van der Waals surface area contributed by atoms with Crippen molar-refractivity contribution in [3.05, 3.63) is 28.7 Å². The van der Waals surface area contributed by atoms with Crippen LogP contribution in [0.5, 0.6) is 0 Å². The first-order chi connectivity index (χ1) is 6.34. The highest BCUT2D eigenvalue weighted by molar-refractivity contribution is 9.10. The maximum absolute atomic E-state index is 3.47. The molecule has 0 amide bonds. The van der Waals surface area contributed by atoms with Crippen LogP contribution in [0.3, 0.4) is 0 Å². The molecule has 68 valence electrons. The van der Waals surface area contributed by atoms with E-state index in [0.717, 1.165) is 23.1 Å². The van der Waals surface area contributed by atoms with Crippen LogP contribution >= 0.6 is 15.9 Å². The van der Waals surface area contributed by atoms with Crippen molar-refractivity contribution in [1.29, 1.82) is 0 Å². The van der Waals surface area contributed by atoms with Gasteiger partial charge in [-0.25, -0.2) is 0 Å². The van der Waals surface area contributed by atoms with Crippen molar-refractivity contribution < 1.29 is 0 Å². The van der Waals surface area contributed by atoms with Crippen LogP contribution in [0.1, 0.15) is 13.3 Å². The Morgan fingerprint density at radius 2 is 2.15 bits per heavy atom. The molecule has 1 aromatic rings. The second kappa shape index (κ2) is 5.66. The van der Waals surface area contributed by atoms with Crippen LogP contribution in [-0.2, 0) is 0 Å². The summed E-state index contributed by atoms with van der Waals surface area (Å²) in [6.07, 6.45) is 0.887. The summed E-state index contributed by atoms with van der Waals surface area (Å²) in [5, 5.41) is 3.30. The predicted molar refractivity (Wildman–Crippen MR) is 60.7 cm³/mol. The van der Waals surface area contributed by atoms with Gasteiger partial charge >= 0.3 is 0 Å². The Bertz CT molecular complexity index is 322. The lowest BCUT2D eigenvalue weighted by Crippen LogP contribution is -2.00. The summed E-state index contributed by atoms with van der Waals surface area (Å²) in [6.45, 7) is 2.75. The number of halogens is 1. The Morgan fingerprint density at radius 3 is 2.85 bits per heavy atom. The van der Waals surface area contributed by atoms with Gasteiger partial charge in [-0.05, 0) is 35.0 Å². The van der Waals surface area contributed by atoms with Gasteiger partial charge in [0.15, 0.2) is 0 Å². The highest BCUT2D eigenvalue weighted by atomic mass is 79.9. The molecule has 0 atom stereocenters. The molecule has 1 nitrogen and oxygen atoms in total. The zero-order valence-electron chi connectivity index (χ0n) is 7.60. The van der Waals surface area contributed by atoms with Crippen molar-refractivity contribution in [2.45, 2.75) is 13.3 Å². The lowest BCUT2D eigenvalue weighted by atomic mass is 10.3. The van der Waals surface area contributed by atoms with Crippen molar-refractivity contribution in [2.24, 2.45) is 0 Å². The number of para-hydroxylation sites is 1. The van der Waals surface area contributed by atoms with Crippen LogP contribution in [0.25, 0.3) is 0 Å². The fourth-order valence-electron chi connectivity index (χ4n) is 0.989. The molecule has 0 aliphatic rings.